The Hall–Kier alpha value is -3.22. The van der Waals surface area contributed by atoms with Crippen LogP contribution in [0.3, 0.4) is 0 Å². The molecule has 7 heteroatoms. The molecule has 0 saturated heterocycles. The number of amides is 1. The van der Waals surface area contributed by atoms with Crippen molar-refractivity contribution in [2.45, 2.75) is 39.2 Å². The summed E-state index contributed by atoms with van der Waals surface area (Å²) < 4.78 is 1.22. The molecule has 3 rings (SSSR count). The third-order valence-corrected chi connectivity index (χ3v) is 4.33. The van der Waals surface area contributed by atoms with Gasteiger partial charge in [-0.2, -0.15) is 0 Å². The third kappa shape index (κ3) is 4.69. The van der Waals surface area contributed by atoms with Gasteiger partial charge in [0.15, 0.2) is 0 Å². The summed E-state index contributed by atoms with van der Waals surface area (Å²) >= 11 is 0. The number of aromatic nitrogens is 3. The highest BCUT2D eigenvalue weighted by Crippen LogP contribution is 2.07. The number of carbonyl (C=O) groups excluding carboxylic acids is 1. The van der Waals surface area contributed by atoms with Crippen molar-refractivity contribution in [3.05, 3.63) is 69.0 Å². The van der Waals surface area contributed by atoms with Gasteiger partial charge in [-0.3, -0.25) is 14.2 Å². The normalized spacial score (nSPS) is 10.9. The molecular formula is C20H22N4O3. The summed E-state index contributed by atoms with van der Waals surface area (Å²) in [5.41, 5.74) is 0.712. The number of unbranched alkanes of at least 4 members (excludes halogenated alkanes) is 2. The van der Waals surface area contributed by atoms with Crippen LogP contribution < -0.4 is 16.6 Å². The van der Waals surface area contributed by atoms with Gasteiger partial charge in [-0.1, -0.05) is 24.6 Å². The van der Waals surface area contributed by atoms with E-state index in [1.54, 1.807) is 30.3 Å². The van der Waals surface area contributed by atoms with Gasteiger partial charge < -0.3 is 10.3 Å². The summed E-state index contributed by atoms with van der Waals surface area (Å²) in [5, 5.41) is 3.27. The first-order chi connectivity index (χ1) is 13.0. The number of rotatable bonds is 7. The molecular weight excluding hydrogens is 344 g/mol. The maximum atomic E-state index is 12.4. The summed E-state index contributed by atoms with van der Waals surface area (Å²) in [5.74, 6) is 0.461. The Bertz CT molecular complexity index is 1070. The zero-order chi connectivity index (χ0) is 19.2. The predicted octanol–water partition coefficient (Wildman–Crippen LogP) is 2.59. The Morgan fingerprint density at radius 3 is 2.70 bits per heavy atom. The molecule has 0 aliphatic carbocycles. The number of nitrogens with zero attached hydrogens (tertiary/aromatic N) is 2. The van der Waals surface area contributed by atoms with Gasteiger partial charge in [0, 0.05) is 18.7 Å². The molecule has 3 aromatic rings. The van der Waals surface area contributed by atoms with Crippen LogP contribution in [0.1, 0.15) is 31.4 Å². The number of aryl methyl sites for hydroxylation is 1. The molecule has 0 spiro atoms. The van der Waals surface area contributed by atoms with Crippen LogP contribution in [0.15, 0.2) is 52.1 Å². The van der Waals surface area contributed by atoms with Gasteiger partial charge in [0.25, 0.3) is 5.56 Å². The summed E-state index contributed by atoms with van der Waals surface area (Å²) in [6.07, 6.45) is 2.45. The number of fused-ring (bicyclic) bond motifs is 1. The molecule has 0 fully saturated rings. The molecule has 0 aliphatic heterocycles. The fraction of sp³-hybridized carbons (Fsp3) is 0.300. The number of carbonyl (C=O) groups is 1. The van der Waals surface area contributed by atoms with E-state index < -0.39 is 5.69 Å². The van der Waals surface area contributed by atoms with E-state index in [1.807, 2.05) is 19.1 Å². The van der Waals surface area contributed by atoms with E-state index in [1.165, 1.54) is 4.57 Å². The van der Waals surface area contributed by atoms with Crippen molar-refractivity contribution >= 4 is 22.6 Å². The first kappa shape index (κ1) is 18.6. The third-order valence-electron chi connectivity index (χ3n) is 4.33. The standard InChI is InChI=1S/C20H22N4O3/c1-14-8-7-11-17(21-14)23-18(25)12-3-2-6-13-24-19(26)15-9-4-5-10-16(15)22-20(24)27/h4-5,7-11H,2-3,6,12-13H2,1H3,(H,22,27)(H,21,23,25). The lowest BCUT2D eigenvalue weighted by atomic mass is 10.2. The molecule has 0 unspecified atom stereocenters. The predicted molar refractivity (Wildman–Crippen MR) is 105 cm³/mol. The number of benzene rings is 1. The zero-order valence-corrected chi connectivity index (χ0v) is 15.2. The van der Waals surface area contributed by atoms with Crippen LogP contribution in [0.2, 0.25) is 0 Å². The first-order valence-electron chi connectivity index (χ1n) is 9.00. The molecule has 0 atom stereocenters. The highest BCUT2D eigenvalue weighted by atomic mass is 16.2. The molecule has 2 aromatic heterocycles. The second-order valence-electron chi connectivity index (χ2n) is 6.46. The molecule has 2 N–H and O–H groups in total. The SMILES string of the molecule is Cc1cccc(NC(=O)CCCCCn2c(=O)[nH]c3ccccc3c2=O)n1. The van der Waals surface area contributed by atoms with Gasteiger partial charge in [-0.25, -0.2) is 9.78 Å². The monoisotopic (exact) mass is 366 g/mol. The lowest BCUT2D eigenvalue weighted by Crippen LogP contribution is -2.35. The zero-order valence-electron chi connectivity index (χ0n) is 15.2. The van der Waals surface area contributed by atoms with Crippen molar-refractivity contribution < 1.29 is 4.79 Å². The fourth-order valence-corrected chi connectivity index (χ4v) is 2.95. The largest absolute Gasteiger partial charge is 0.328 e. The molecule has 2 heterocycles. The van der Waals surface area contributed by atoms with Crippen LogP contribution in [-0.4, -0.2) is 20.4 Å². The van der Waals surface area contributed by atoms with Crippen LogP contribution in [0, 0.1) is 6.92 Å². The second-order valence-corrected chi connectivity index (χ2v) is 6.46. The highest BCUT2D eigenvalue weighted by molar-refractivity contribution is 5.89. The molecule has 1 aromatic carbocycles. The molecule has 0 radical (unpaired) electrons. The number of para-hydroxylation sites is 1. The van der Waals surface area contributed by atoms with Crippen LogP contribution in [0.25, 0.3) is 10.9 Å². The summed E-state index contributed by atoms with van der Waals surface area (Å²) in [6.45, 7) is 2.20. The highest BCUT2D eigenvalue weighted by Gasteiger charge is 2.07. The van der Waals surface area contributed by atoms with E-state index in [-0.39, 0.29) is 11.5 Å². The van der Waals surface area contributed by atoms with Gasteiger partial charge in [0.05, 0.1) is 10.9 Å². The van der Waals surface area contributed by atoms with Crippen molar-refractivity contribution in [2.24, 2.45) is 0 Å². The molecule has 0 aliphatic rings. The number of hydrogen-bond donors (Lipinski definition) is 2. The van der Waals surface area contributed by atoms with Crippen molar-refractivity contribution in [1.82, 2.24) is 14.5 Å². The van der Waals surface area contributed by atoms with Crippen molar-refractivity contribution in [3.63, 3.8) is 0 Å². The lowest BCUT2D eigenvalue weighted by Gasteiger charge is -2.07. The van der Waals surface area contributed by atoms with Gasteiger partial charge in [0.2, 0.25) is 5.91 Å². The Balaban J connectivity index is 1.49. The van der Waals surface area contributed by atoms with Crippen LogP contribution in [0.5, 0.6) is 0 Å². The minimum atomic E-state index is -0.401. The van der Waals surface area contributed by atoms with E-state index >= 15 is 0 Å². The van der Waals surface area contributed by atoms with Crippen molar-refractivity contribution in [3.8, 4) is 0 Å². The van der Waals surface area contributed by atoms with Gasteiger partial charge >= 0.3 is 5.69 Å². The molecule has 0 saturated carbocycles. The fourth-order valence-electron chi connectivity index (χ4n) is 2.95. The Kier molecular flexibility index (Phi) is 5.80. The molecule has 7 nitrogen and oxygen atoms in total. The first-order valence-corrected chi connectivity index (χ1v) is 9.00. The second kappa shape index (κ2) is 8.44. The summed E-state index contributed by atoms with van der Waals surface area (Å²) in [6, 6.07) is 12.4. The smallest absolute Gasteiger partial charge is 0.311 e. The van der Waals surface area contributed by atoms with Crippen molar-refractivity contribution in [2.75, 3.05) is 5.32 Å². The van der Waals surface area contributed by atoms with Gasteiger partial charge in [-0.15, -0.1) is 0 Å². The Morgan fingerprint density at radius 1 is 1.07 bits per heavy atom. The van der Waals surface area contributed by atoms with E-state index in [9.17, 15) is 14.4 Å². The lowest BCUT2D eigenvalue weighted by molar-refractivity contribution is -0.116. The average Bonchev–Trinajstić information content (AvgIpc) is 2.64. The minimum Gasteiger partial charge on any atom is -0.311 e. The number of aromatic amines is 1. The van der Waals surface area contributed by atoms with Gasteiger partial charge in [0.1, 0.15) is 5.82 Å². The number of hydrogen-bond acceptors (Lipinski definition) is 4. The van der Waals surface area contributed by atoms with E-state index in [0.29, 0.717) is 42.5 Å². The minimum absolute atomic E-state index is 0.0891. The van der Waals surface area contributed by atoms with Crippen LogP contribution in [0.4, 0.5) is 5.82 Å². The van der Waals surface area contributed by atoms with E-state index in [0.717, 1.165) is 12.1 Å². The van der Waals surface area contributed by atoms with Gasteiger partial charge in [-0.05, 0) is 44.0 Å². The van der Waals surface area contributed by atoms with Crippen molar-refractivity contribution in [1.29, 1.82) is 0 Å². The Labute approximate surface area is 156 Å². The molecule has 140 valence electrons. The maximum Gasteiger partial charge on any atom is 0.328 e. The van der Waals surface area contributed by atoms with E-state index in [2.05, 4.69) is 15.3 Å². The Morgan fingerprint density at radius 2 is 1.89 bits per heavy atom. The molecule has 0 bridgehead atoms. The molecule has 1 amide bonds. The number of anilines is 1. The number of H-pyrrole nitrogens is 1. The topological polar surface area (TPSA) is 96.9 Å². The summed E-state index contributed by atoms with van der Waals surface area (Å²) in [7, 11) is 0. The number of pyridine rings is 1. The van der Waals surface area contributed by atoms with Crippen LogP contribution >= 0.6 is 0 Å². The molecule has 27 heavy (non-hydrogen) atoms. The number of nitrogens with one attached hydrogen (secondary N) is 2. The summed E-state index contributed by atoms with van der Waals surface area (Å²) in [4.78, 5) is 43.4. The average molecular weight is 366 g/mol. The quantitative estimate of drug-likeness (QED) is 0.628. The maximum absolute atomic E-state index is 12.4. The van der Waals surface area contributed by atoms with Crippen LogP contribution in [-0.2, 0) is 11.3 Å². The van der Waals surface area contributed by atoms with E-state index in [4.69, 9.17) is 0 Å².